The molecule has 0 N–H and O–H groups in total. The van der Waals surface area contributed by atoms with Gasteiger partial charge in [-0.15, -0.1) is 0 Å². The molecule has 1 fully saturated rings. The van der Waals surface area contributed by atoms with Crippen molar-refractivity contribution >= 4 is 27.3 Å². The summed E-state index contributed by atoms with van der Waals surface area (Å²) in [7, 11) is 0. The van der Waals surface area contributed by atoms with Gasteiger partial charge in [-0.3, -0.25) is 0 Å². The lowest BCUT2D eigenvalue weighted by Gasteiger charge is -2.38. The van der Waals surface area contributed by atoms with Crippen LogP contribution in [0.5, 0.6) is 0 Å². The molecule has 0 aliphatic heterocycles. The van der Waals surface area contributed by atoms with Gasteiger partial charge in [0.1, 0.15) is 5.52 Å². The Morgan fingerprint density at radius 1 is 1.39 bits per heavy atom. The van der Waals surface area contributed by atoms with E-state index in [4.69, 9.17) is 0 Å². The summed E-state index contributed by atoms with van der Waals surface area (Å²) < 4.78 is 1.90. The standard InChI is InChI=1S/C13H17BrN4/c14-6-2-9-17(11-3-1-4-11)13-12-5-7-16-18(12)10-8-15-13/h5,7-8,10-11H,1-4,6,9H2. The maximum absolute atomic E-state index is 4.59. The number of rotatable bonds is 5. The van der Waals surface area contributed by atoms with Crippen molar-refractivity contribution in [3.8, 4) is 0 Å². The number of hydrogen-bond donors (Lipinski definition) is 0. The van der Waals surface area contributed by atoms with Crippen LogP contribution in [0.1, 0.15) is 25.7 Å². The minimum Gasteiger partial charge on any atom is -0.352 e. The third-order valence-electron chi connectivity index (χ3n) is 3.62. The number of halogens is 1. The molecule has 2 heterocycles. The average molecular weight is 309 g/mol. The molecule has 0 spiro atoms. The van der Waals surface area contributed by atoms with Crippen molar-refractivity contribution in [2.75, 3.05) is 16.8 Å². The largest absolute Gasteiger partial charge is 0.352 e. The summed E-state index contributed by atoms with van der Waals surface area (Å²) in [5.41, 5.74) is 1.11. The molecule has 2 aromatic rings. The van der Waals surface area contributed by atoms with Gasteiger partial charge in [0.15, 0.2) is 5.82 Å². The van der Waals surface area contributed by atoms with Crippen molar-refractivity contribution in [1.29, 1.82) is 0 Å². The van der Waals surface area contributed by atoms with E-state index in [1.54, 1.807) is 0 Å². The molecule has 1 saturated carbocycles. The molecular formula is C13H17BrN4. The van der Waals surface area contributed by atoms with Gasteiger partial charge in [0.05, 0.1) is 6.20 Å². The molecule has 1 aliphatic carbocycles. The minimum absolute atomic E-state index is 0.664. The van der Waals surface area contributed by atoms with Crippen LogP contribution in [0.4, 0.5) is 5.82 Å². The summed E-state index contributed by atoms with van der Waals surface area (Å²) in [6, 6.07) is 2.71. The first-order valence-electron chi connectivity index (χ1n) is 6.51. The summed E-state index contributed by atoms with van der Waals surface area (Å²) in [5.74, 6) is 1.08. The van der Waals surface area contributed by atoms with Crippen molar-refractivity contribution in [3.05, 3.63) is 24.7 Å². The van der Waals surface area contributed by atoms with E-state index in [9.17, 15) is 0 Å². The Hall–Kier alpha value is -1.10. The van der Waals surface area contributed by atoms with E-state index in [2.05, 4.69) is 30.9 Å². The second kappa shape index (κ2) is 5.26. The summed E-state index contributed by atoms with van der Waals surface area (Å²) in [6.45, 7) is 1.06. The van der Waals surface area contributed by atoms with E-state index in [0.29, 0.717) is 6.04 Å². The Morgan fingerprint density at radius 2 is 2.28 bits per heavy atom. The highest BCUT2D eigenvalue weighted by Gasteiger charge is 2.26. The monoisotopic (exact) mass is 308 g/mol. The highest BCUT2D eigenvalue weighted by Crippen LogP contribution is 2.30. The zero-order valence-electron chi connectivity index (χ0n) is 10.3. The Kier molecular flexibility index (Phi) is 3.50. The van der Waals surface area contributed by atoms with Crippen LogP contribution in [-0.4, -0.2) is 32.5 Å². The van der Waals surface area contributed by atoms with Gasteiger partial charge in [-0.05, 0) is 31.7 Å². The third-order valence-corrected chi connectivity index (χ3v) is 4.18. The molecule has 96 valence electrons. The van der Waals surface area contributed by atoms with Crippen molar-refractivity contribution in [3.63, 3.8) is 0 Å². The van der Waals surface area contributed by atoms with Crippen LogP contribution in [0.2, 0.25) is 0 Å². The molecule has 0 aromatic carbocycles. The van der Waals surface area contributed by atoms with E-state index < -0.39 is 0 Å². The van der Waals surface area contributed by atoms with Crippen molar-refractivity contribution in [2.45, 2.75) is 31.7 Å². The average Bonchev–Trinajstić information content (AvgIpc) is 2.80. The zero-order chi connectivity index (χ0) is 12.4. The van der Waals surface area contributed by atoms with E-state index in [1.165, 1.54) is 19.3 Å². The maximum atomic E-state index is 4.59. The summed E-state index contributed by atoms with van der Waals surface area (Å²) >= 11 is 3.52. The summed E-state index contributed by atoms with van der Waals surface area (Å²) in [5, 5.41) is 5.33. The number of nitrogens with zero attached hydrogens (tertiary/aromatic N) is 4. The second-order valence-electron chi connectivity index (χ2n) is 4.73. The number of aromatic nitrogens is 3. The molecular weight excluding hydrogens is 292 g/mol. The van der Waals surface area contributed by atoms with Crippen LogP contribution in [0.15, 0.2) is 24.7 Å². The van der Waals surface area contributed by atoms with Gasteiger partial charge in [0.2, 0.25) is 0 Å². The quantitative estimate of drug-likeness (QED) is 0.796. The molecule has 18 heavy (non-hydrogen) atoms. The van der Waals surface area contributed by atoms with Gasteiger partial charge in [0, 0.05) is 30.3 Å². The summed E-state index contributed by atoms with van der Waals surface area (Å²) in [6.07, 6.45) is 10.7. The molecule has 5 heteroatoms. The van der Waals surface area contributed by atoms with E-state index >= 15 is 0 Å². The SMILES string of the molecule is BrCCCN(c1nccn2nccc12)C1CCC1. The first kappa shape index (κ1) is 12.0. The predicted molar refractivity (Wildman–Crippen MR) is 76.4 cm³/mol. The van der Waals surface area contributed by atoms with E-state index in [1.807, 2.05) is 29.2 Å². The number of hydrogen-bond acceptors (Lipinski definition) is 3. The fraction of sp³-hybridized carbons (Fsp3) is 0.538. The van der Waals surface area contributed by atoms with Crippen LogP contribution in [-0.2, 0) is 0 Å². The van der Waals surface area contributed by atoms with Crippen LogP contribution >= 0.6 is 15.9 Å². The molecule has 1 aliphatic rings. The highest BCUT2D eigenvalue weighted by atomic mass is 79.9. The molecule has 0 saturated heterocycles. The Balaban J connectivity index is 1.94. The zero-order valence-corrected chi connectivity index (χ0v) is 11.9. The third kappa shape index (κ3) is 2.11. The molecule has 2 aromatic heterocycles. The van der Waals surface area contributed by atoms with Crippen LogP contribution in [0, 0.1) is 0 Å². The van der Waals surface area contributed by atoms with Gasteiger partial charge in [-0.2, -0.15) is 5.10 Å². The molecule has 0 unspecified atom stereocenters. The van der Waals surface area contributed by atoms with Crippen LogP contribution in [0.25, 0.3) is 5.52 Å². The fourth-order valence-corrected chi connectivity index (χ4v) is 2.71. The number of anilines is 1. The first-order valence-corrected chi connectivity index (χ1v) is 7.63. The first-order chi connectivity index (χ1) is 8.90. The van der Waals surface area contributed by atoms with Crippen molar-refractivity contribution in [1.82, 2.24) is 14.6 Å². The highest BCUT2D eigenvalue weighted by molar-refractivity contribution is 9.09. The molecule has 0 radical (unpaired) electrons. The van der Waals surface area contributed by atoms with Gasteiger partial charge in [-0.25, -0.2) is 9.50 Å². The lowest BCUT2D eigenvalue weighted by atomic mass is 9.91. The Labute approximate surface area is 115 Å². The molecule has 0 amide bonds. The second-order valence-corrected chi connectivity index (χ2v) is 5.53. The van der Waals surface area contributed by atoms with Gasteiger partial charge >= 0.3 is 0 Å². The minimum atomic E-state index is 0.664. The number of fused-ring (bicyclic) bond motifs is 1. The molecule has 3 rings (SSSR count). The van der Waals surface area contributed by atoms with E-state index in [0.717, 1.165) is 29.6 Å². The van der Waals surface area contributed by atoms with E-state index in [-0.39, 0.29) is 0 Å². The van der Waals surface area contributed by atoms with Crippen molar-refractivity contribution in [2.24, 2.45) is 0 Å². The van der Waals surface area contributed by atoms with Gasteiger partial charge in [-0.1, -0.05) is 15.9 Å². The maximum Gasteiger partial charge on any atom is 0.154 e. The fourth-order valence-electron chi connectivity index (χ4n) is 2.45. The molecule has 4 nitrogen and oxygen atoms in total. The van der Waals surface area contributed by atoms with Crippen LogP contribution in [0.3, 0.4) is 0 Å². The lowest BCUT2D eigenvalue weighted by molar-refractivity contribution is 0.384. The Morgan fingerprint density at radius 3 is 3.00 bits per heavy atom. The molecule has 0 atom stereocenters. The van der Waals surface area contributed by atoms with Gasteiger partial charge in [0.25, 0.3) is 0 Å². The van der Waals surface area contributed by atoms with Crippen LogP contribution < -0.4 is 4.90 Å². The van der Waals surface area contributed by atoms with Gasteiger partial charge < -0.3 is 4.90 Å². The normalized spacial score (nSPS) is 15.8. The topological polar surface area (TPSA) is 33.4 Å². The number of alkyl halides is 1. The predicted octanol–water partition coefficient (Wildman–Crippen LogP) is 2.87. The van der Waals surface area contributed by atoms with Crippen molar-refractivity contribution < 1.29 is 0 Å². The Bertz CT molecular complexity index is 520. The lowest BCUT2D eigenvalue weighted by Crippen LogP contribution is -2.41. The summed E-state index contributed by atoms with van der Waals surface area (Å²) in [4.78, 5) is 7.05. The molecule has 0 bridgehead atoms. The smallest absolute Gasteiger partial charge is 0.154 e.